The molecule has 0 aromatic carbocycles. The Morgan fingerprint density at radius 2 is 1.84 bits per heavy atom. The minimum absolute atomic E-state index is 0.0520. The third-order valence-corrected chi connectivity index (χ3v) is 4.29. The van der Waals surface area contributed by atoms with Crippen LogP contribution in [0.25, 0.3) is 0 Å². The average molecular weight is 269 g/mol. The number of esters is 1. The molecule has 0 unspecified atom stereocenters. The van der Waals surface area contributed by atoms with Crippen LogP contribution in [-0.2, 0) is 14.3 Å². The van der Waals surface area contributed by atoms with Crippen LogP contribution in [0.4, 0.5) is 0 Å². The Morgan fingerprint density at radius 1 is 1.16 bits per heavy atom. The van der Waals surface area contributed by atoms with Gasteiger partial charge in [-0.15, -0.1) is 0 Å². The van der Waals surface area contributed by atoms with Crippen molar-refractivity contribution >= 4 is 11.9 Å². The van der Waals surface area contributed by atoms with E-state index in [0.717, 1.165) is 25.7 Å². The molecule has 1 amide bonds. The molecule has 1 N–H and O–H groups in total. The van der Waals surface area contributed by atoms with Crippen LogP contribution in [0.3, 0.4) is 0 Å². The highest BCUT2D eigenvalue weighted by atomic mass is 16.5. The van der Waals surface area contributed by atoms with Crippen LogP contribution in [0, 0.1) is 5.92 Å². The molecule has 2 aliphatic rings. The van der Waals surface area contributed by atoms with E-state index in [-0.39, 0.29) is 11.8 Å². The molecule has 1 saturated heterocycles. The molecule has 1 heterocycles. The molecule has 0 aromatic rings. The van der Waals surface area contributed by atoms with Gasteiger partial charge in [-0.1, -0.05) is 19.3 Å². The van der Waals surface area contributed by atoms with E-state index in [4.69, 9.17) is 4.74 Å². The van der Waals surface area contributed by atoms with E-state index in [1.165, 1.54) is 13.5 Å². The van der Waals surface area contributed by atoms with Crippen molar-refractivity contribution in [3.8, 4) is 0 Å². The van der Waals surface area contributed by atoms with Gasteiger partial charge in [-0.25, -0.2) is 4.79 Å². The fourth-order valence-electron chi connectivity index (χ4n) is 3.15. The van der Waals surface area contributed by atoms with Crippen molar-refractivity contribution in [3.63, 3.8) is 0 Å². The first kappa shape index (κ1) is 14.3. The van der Waals surface area contributed by atoms with Gasteiger partial charge >= 0.3 is 5.97 Å². The number of carbonyl (C=O) groups is 2. The smallest absolute Gasteiger partial charge is 0.328 e. The quantitative estimate of drug-likeness (QED) is 0.762. The van der Waals surface area contributed by atoms with Crippen molar-refractivity contribution in [3.05, 3.63) is 0 Å². The summed E-state index contributed by atoms with van der Waals surface area (Å²) in [5.74, 6) is -0.291. The lowest BCUT2D eigenvalue weighted by Crippen LogP contribution is -2.53. The van der Waals surface area contributed by atoms with Gasteiger partial charge in [-0.2, -0.15) is 0 Å². The Bertz CT molecular complexity index is 338. The van der Waals surface area contributed by atoms with E-state index >= 15 is 0 Å². The van der Waals surface area contributed by atoms with Gasteiger partial charge in [0, 0.05) is 18.9 Å². The third-order valence-electron chi connectivity index (χ3n) is 4.29. The largest absolute Gasteiger partial charge is 0.467 e. The van der Waals surface area contributed by atoms with Crippen molar-refractivity contribution in [1.82, 2.24) is 4.90 Å². The van der Waals surface area contributed by atoms with Gasteiger partial charge in [-0.05, 0) is 19.3 Å². The monoisotopic (exact) mass is 269 g/mol. The number of nitrogens with zero attached hydrogens (tertiary/aromatic N) is 1. The first-order valence-corrected chi connectivity index (χ1v) is 7.20. The summed E-state index contributed by atoms with van der Waals surface area (Å²) in [5, 5.41) is 9.69. The summed E-state index contributed by atoms with van der Waals surface area (Å²) in [4.78, 5) is 25.9. The van der Waals surface area contributed by atoms with Crippen molar-refractivity contribution in [1.29, 1.82) is 0 Å². The van der Waals surface area contributed by atoms with Crippen molar-refractivity contribution in [2.45, 2.75) is 57.1 Å². The lowest BCUT2D eigenvalue weighted by Gasteiger charge is -2.38. The summed E-state index contributed by atoms with van der Waals surface area (Å²) in [7, 11) is 1.33. The lowest BCUT2D eigenvalue weighted by atomic mass is 9.87. The average Bonchev–Trinajstić information content (AvgIpc) is 2.46. The van der Waals surface area contributed by atoms with Crippen LogP contribution < -0.4 is 0 Å². The first-order valence-electron chi connectivity index (χ1n) is 7.20. The zero-order valence-corrected chi connectivity index (χ0v) is 11.5. The lowest BCUT2D eigenvalue weighted by molar-refractivity contribution is -0.159. The van der Waals surface area contributed by atoms with Crippen LogP contribution in [0.15, 0.2) is 0 Å². The number of hydrogen-bond acceptors (Lipinski definition) is 4. The molecule has 5 heteroatoms. The zero-order valence-electron chi connectivity index (χ0n) is 11.5. The highest BCUT2D eigenvalue weighted by Gasteiger charge is 2.38. The minimum Gasteiger partial charge on any atom is -0.467 e. The minimum atomic E-state index is -0.608. The second kappa shape index (κ2) is 6.37. The maximum atomic E-state index is 12.5. The molecule has 1 aliphatic carbocycles. The number of methoxy groups -OCH3 is 1. The second-order valence-corrected chi connectivity index (χ2v) is 5.58. The standard InChI is InChI=1S/C14H23NO4/c1-19-14(18)12-9-11(16)7-8-15(12)13(17)10-5-3-2-4-6-10/h10-12,16H,2-9H2,1H3/t11-,12+/m1/s1. The molecule has 2 atom stereocenters. The van der Waals surface area contributed by atoms with E-state index in [2.05, 4.69) is 0 Å². The number of amides is 1. The Kier molecular flexibility index (Phi) is 4.80. The van der Waals surface area contributed by atoms with Crippen LogP contribution in [-0.4, -0.2) is 47.7 Å². The molecule has 0 spiro atoms. The summed E-state index contributed by atoms with van der Waals surface area (Å²) < 4.78 is 4.76. The highest BCUT2D eigenvalue weighted by molar-refractivity contribution is 5.86. The van der Waals surface area contributed by atoms with Gasteiger partial charge in [0.15, 0.2) is 0 Å². The van der Waals surface area contributed by atoms with Crippen LogP contribution in [0.5, 0.6) is 0 Å². The molecular formula is C14H23NO4. The topological polar surface area (TPSA) is 66.8 Å². The van der Waals surface area contributed by atoms with E-state index in [1.807, 2.05) is 0 Å². The molecule has 1 saturated carbocycles. The molecule has 5 nitrogen and oxygen atoms in total. The molecule has 2 rings (SSSR count). The van der Waals surface area contributed by atoms with Gasteiger partial charge in [-0.3, -0.25) is 4.79 Å². The predicted molar refractivity (Wildman–Crippen MR) is 69.3 cm³/mol. The molecular weight excluding hydrogens is 246 g/mol. The van der Waals surface area contributed by atoms with E-state index < -0.39 is 18.1 Å². The number of aliphatic hydroxyl groups is 1. The number of aliphatic hydroxyl groups excluding tert-OH is 1. The number of carbonyl (C=O) groups excluding carboxylic acids is 2. The van der Waals surface area contributed by atoms with Gasteiger partial charge in [0.2, 0.25) is 5.91 Å². The highest BCUT2D eigenvalue weighted by Crippen LogP contribution is 2.28. The van der Waals surface area contributed by atoms with Crippen molar-refractivity contribution in [2.75, 3.05) is 13.7 Å². The molecule has 2 fully saturated rings. The van der Waals surface area contributed by atoms with Gasteiger partial charge in [0.25, 0.3) is 0 Å². The predicted octanol–water partition coefficient (Wildman–Crippen LogP) is 1.09. The number of ether oxygens (including phenoxy) is 1. The molecule has 0 bridgehead atoms. The molecule has 1 aliphatic heterocycles. The van der Waals surface area contributed by atoms with Crippen LogP contribution in [0.2, 0.25) is 0 Å². The Balaban J connectivity index is 2.06. The Morgan fingerprint density at radius 3 is 2.47 bits per heavy atom. The number of hydrogen-bond donors (Lipinski definition) is 1. The number of rotatable bonds is 2. The molecule has 0 aromatic heterocycles. The summed E-state index contributed by atoms with van der Waals surface area (Å²) in [6.45, 7) is 0.455. The number of likely N-dealkylation sites (tertiary alicyclic amines) is 1. The van der Waals surface area contributed by atoms with E-state index in [0.29, 0.717) is 19.4 Å². The van der Waals surface area contributed by atoms with Crippen molar-refractivity contribution < 1.29 is 19.4 Å². The van der Waals surface area contributed by atoms with E-state index in [1.54, 1.807) is 4.90 Å². The molecule has 0 radical (unpaired) electrons. The fraction of sp³-hybridized carbons (Fsp3) is 0.857. The SMILES string of the molecule is COC(=O)[C@@H]1C[C@H](O)CCN1C(=O)C1CCCCC1. The molecule has 19 heavy (non-hydrogen) atoms. The van der Waals surface area contributed by atoms with Gasteiger partial charge in [0.1, 0.15) is 6.04 Å². The maximum absolute atomic E-state index is 12.5. The van der Waals surface area contributed by atoms with Crippen LogP contribution in [0.1, 0.15) is 44.9 Å². The van der Waals surface area contributed by atoms with E-state index in [9.17, 15) is 14.7 Å². The first-order chi connectivity index (χ1) is 9.13. The second-order valence-electron chi connectivity index (χ2n) is 5.58. The molecule has 108 valence electrons. The summed E-state index contributed by atoms with van der Waals surface area (Å²) in [5.41, 5.74) is 0. The Labute approximate surface area is 113 Å². The zero-order chi connectivity index (χ0) is 13.8. The fourth-order valence-corrected chi connectivity index (χ4v) is 3.15. The number of piperidine rings is 1. The summed E-state index contributed by atoms with van der Waals surface area (Å²) in [6, 6.07) is -0.608. The third kappa shape index (κ3) is 3.26. The van der Waals surface area contributed by atoms with Gasteiger partial charge < -0.3 is 14.7 Å². The van der Waals surface area contributed by atoms with Crippen LogP contribution >= 0.6 is 0 Å². The maximum Gasteiger partial charge on any atom is 0.328 e. The summed E-state index contributed by atoms with van der Waals surface area (Å²) >= 11 is 0. The Hall–Kier alpha value is -1.10. The normalized spacial score (nSPS) is 29.1. The van der Waals surface area contributed by atoms with Gasteiger partial charge in [0.05, 0.1) is 13.2 Å². The summed E-state index contributed by atoms with van der Waals surface area (Å²) in [6.07, 6.45) is 5.56. The van der Waals surface area contributed by atoms with Crippen molar-refractivity contribution in [2.24, 2.45) is 5.92 Å².